The van der Waals surface area contributed by atoms with Gasteiger partial charge in [-0.25, -0.2) is 0 Å². The number of rotatable bonds is 65. The SMILES string of the molecule is CCCCC/C=C/CC/C=C/C(O)C(COC1OC(CO)C(O)C(O)C1O)NC(=O)CCCCCCCCCCCCCCCCCCC/C=C\C/C=C\CCCCCCCCCCCOC(=O)CCCCCCCCC/C=C\CCCCCCCC. The molecule has 0 saturated carbocycles. The van der Waals surface area contributed by atoms with Crippen LogP contribution < -0.4 is 5.32 Å². The quantitative estimate of drug-likeness (QED) is 0.0195. The van der Waals surface area contributed by atoms with Crippen molar-refractivity contribution in [2.24, 2.45) is 0 Å². The van der Waals surface area contributed by atoms with Gasteiger partial charge in [-0.15, -0.1) is 0 Å². The molecule has 7 atom stereocenters. The van der Waals surface area contributed by atoms with E-state index in [0.717, 1.165) is 64.2 Å². The molecular weight excluding hydrogens is 1090 g/mol. The Morgan fingerprint density at radius 3 is 1.23 bits per heavy atom. The van der Waals surface area contributed by atoms with Crippen LogP contribution in [0.25, 0.3) is 0 Å². The molecule has 1 aliphatic rings. The summed E-state index contributed by atoms with van der Waals surface area (Å²) in [5.41, 5.74) is 0. The van der Waals surface area contributed by atoms with E-state index in [9.17, 15) is 35.1 Å². The molecule has 0 aromatic carbocycles. The molecule has 6 N–H and O–H groups in total. The number of hydrogen-bond donors (Lipinski definition) is 6. The summed E-state index contributed by atoms with van der Waals surface area (Å²) < 4.78 is 16.7. The summed E-state index contributed by atoms with van der Waals surface area (Å²) in [5, 5.41) is 54.3. The molecule has 1 rings (SSSR count). The first-order chi connectivity index (χ1) is 42.7. The lowest BCUT2D eigenvalue weighted by Crippen LogP contribution is -2.60. The van der Waals surface area contributed by atoms with Crippen molar-refractivity contribution in [2.75, 3.05) is 19.8 Å². The third-order valence-electron chi connectivity index (χ3n) is 17.3. The minimum absolute atomic E-state index is 0.00329. The average Bonchev–Trinajstić information content (AvgIpc) is 3.48. The van der Waals surface area contributed by atoms with Gasteiger partial charge in [0.05, 0.1) is 32.0 Å². The second-order valence-corrected chi connectivity index (χ2v) is 25.6. The van der Waals surface area contributed by atoms with Gasteiger partial charge in [0.1, 0.15) is 24.4 Å². The molecule has 1 saturated heterocycles. The fraction of sp³-hybridized carbons (Fsp3) is 0.842. The van der Waals surface area contributed by atoms with Crippen molar-refractivity contribution in [1.29, 1.82) is 0 Å². The van der Waals surface area contributed by atoms with Crippen LogP contribution in [0.5, 0.6) is 0 Å². The van der Waals surface area contributed by atoms with Gasteiger partial charge in [-0.2, -0.15) is 0 Å². The normalized spacial score (nSPS) is 18.2. The topological polar surface area (TPSA) is 175 Å². The van der Waals surface area contributed by atoms with Gasteiger partial charge < -0.3 is 45.1 Å². The number of allylic oxidation sites excluding steroid dienone is 9. The largest absolute Gasteiger partial charge is 0.466 e. The van der Waals surface area contributed by atoms with E-state index in [0.29, 0.717) is 19.4 Å². The van der Waals surface area contributed by atoms with Crippen molar-refractivity contribution < 1.29 is 49.3 Å². The molecule has 0 radical (unpaired) electrons. The van der Waals surface area contributed by atoms with E-state index in [1.807, 2.05) is 6.08 Å². The number of aliphatic hydroxyl groups excluding tert-OH is 5. The van der Waals surface area contributed by atoms with Gasteiger partial charge in [0.15, 0.2) is 6.29 Å². The predicted molar refractivity (Wildman–Crippen MR) is 366 cm³/mol. The van der Waals surface area contributed by atoms with Crippen LogP contribution in [0.4, 0.5) is 0 Å². The Bertz CT molecular complexity index is 1630. The van der Waals surface area contributed by atoms with Crippen molar-refractivity contribution in [3.05, 3.63) is 60.8 Å². The summed E-state index contributed by atoms with van der Waals surface area (Å²) in [6.45, 7) is 4.29. The standard InChI is InChI=1S/C76H139NO10/c1-3-5-7-9-11-13-14-15-16-34-38-41-44-48-52-56-60-64-72(81)85-65-61-57-53-49-45-42-39-36-33-31-29-27-25-23-21-19-17-18-20-22-24-26-28-30-32-35-37-40-43-47-51-55-59-63-71(80)77-68(69(79)62-58-54-50-46-12-10-8-6-4-2)67-86-76-75(84)74(83)73(82)70(66-78)87-76/h12,15-16,21,23,27,29,46,58,62,68-70,73-76,78-79,82-84H,3-11,13-14,17-20,22,24-26,28,30-45,47-57,59-61,63-67H2,1-2H3,(H,77,80)/b16-15-,23-21-,29-27-,46-12+,62-58+. The fourth-order valence-electron chi connectivity index (χ4n) is 11.5. The number of nitrogens with one attached hydrogen (secondary N) is 1. The minimum Gasteiger partial charge on any atom is -0.466 e. The van der Waals surface area contributed by atoms with Crippen molar-refractivity contribution in [1.82, 2.24) is 5.32 Å². The van der Waals surface area contributed by atoms with Crippen LogP contribution in [-0.2, 0) is 23.8 Å². The van der Waals surface area contributed by atoms with Crippen LogP contribution in [0, 0.1) is 0 Å². The number of aliphatic hydroxyl groups is 5. The maximum Gasteiger partial charge on any atom is 0.305 e. The van der Waals surface area contributed by atoms with Crippen LogP contribution >= 0.6 is 0 Å². The molecule has 1 amide bonds. The molecule has 7 unspecified atom stereocenters. The highest BCUT2D eigenvalue weighted by atomic mass is 16.7. The summed E-state index contributed by atoms with van der Waals surface area (Å²) in [6, 6.07) is -0.826. The van der Waals surface area contributed by atoms with Gasteiger partial charge >= 0.3 is 5.97 Å². The van der Waals surface area contributed by atoms with Crippen molar-refractivity contribution >= 4 is 11.9 Å². The van der Waals surface area contributed by atoms with E-state index in [2.05, 4.69) is 67.8 Å². The number of esters is 1. The molecule has 0 aliphatic carbocycles. The molecule has 0 aromatic rings. The number of ether oxygens (including phenoxy) is 3. The first-order valence-electron chi connectivity index (χ1n) is 37.1. The fourth-order valence-corrected chi connectivity index (χ4v) is 11.5. The first-order valence-corrected chi connectivity index (χ1v) is 37.1. The molecule has 0 bridgehead atoms. The van der Waals surface area contributed by atoms with E-state index in [-0.39, 0.29) is 18.5 Å². The van der Waals surface area contributed by atoms with Gasteiger partial charge in [-0.3, -0.25) is 9.59 Å². The van der Waals surface area contributed by atoms with Crippen LogP contribution in [0.15, 0.2) is 60.8 Å². The molecule has 11 heteroatoms. The third kappa shape index (κ3) is 53.7. The van der Waals surface area contributed by atoms with Gasteiger partial charge in [0.2, 0.25) is 5.91 Å². The van der Waals surface area contributed by atoms with E-state index >= 15 is 0 Å². The van der Waals surface area contributed by atoms with Gasteiger partial charge in [0.25, 0.3) is 0 Å². The lowest BCUT2D eigenvalue weighted by Gasteiger charge is -2.40. The van der Waals surface area contributed by atoms with Crippen LogP contribution in [-0.4, -0.2) is 100 Å². The highest BCUT2D eigenvalue weighted by Gasteiger charge is 2.44. The molecule has 11 nitrogen and oxygen atoms in total. The van der Waals surface area contributed by atoms with Crippen LogP contribution in [0.2, 0.25) is 0 Å². The van der Waals surface area contributed by atoms with Gasteiger partial charge in [-0.05, 0) is 103 Å². The second kappa shape index (κ2) is 64.9. The van der Waals surface area contributed by atoms with E-state index in [1.54, 1.807) is 6.08 Å². The van der Waals surface area contributed by atoms with Gasteiger partial charge in [-0.1, -0.05) is 293 Å². The smallest absolute Gasteiger partial charge is 0.305 e. The first kappa shape index (κ1) is 82.4. The van der Waals surface area contributed by atoms with E-state index < -0.39 is 49.5 Å². The zero-order chi connectivity index (χ0) is 63.0. The number of amides is 1. The molecule has 1 fully saturated rings. The van der Waals surface area contributed by atoms with Crippen LogP contribution in [0.1, 0.15) is 348 Å². The Morgan fingerprint density at radius 1 is 0.425 bits per heavy atom. The summed E-state index contributed by atoms with van der Waals surface area (Å²) >= 11 is 0. The lowest BCUT2D eigenvalue weighted by atomic mass is 9.99. The summed E-state index contributed by atoms with van der Waals surface area (Å²) in [5.74, 6) is -0.189. The molecule has 0 spiro atoms. The molecule has 508 valence electrons. The minimum atomic E-state index is -1.58. The predicted octanol–water partition coefficient (Wildman–Crippen LogP) is 19.3. The summed E-state index contributed by atoms with van der Waals surface area (Å²) in [4.78, 5) is 25.1. The maximum atomic E-state index is 13.0. The molecule has 87 heavy (non-hydrogen) atoms. The monoisotopic (exact) mass is 1230 g/mol. The summed E-state index contributed by atoms with van der Waals surface area (Å²) in [6.07, 6.45) is 76.8. The maximum absolute atomic E-state index is 13.0. The highest BCUT2D eigenvalue weighted by molar-refractivity contribution is 5.76. The van der Waals surface area contributed by atoms with Crippen molar-refractivity contribution in [3.8, 4) is 0 Å². The highest BCUT2D eigenvalue weighted by Crippen LogP contribution is 2.23. The number of carbonyl (C=O) groups excluding carboxylic acids is 2. The van der Waals surface area contributed by atoms with Crippen molar-refractivity contribution in [3.63, 3.8) is 0 Å². The Morgan fingerprint density at radius 2 is 0.782 bits per heavy atom. The Labute approximate surface area is 535 Å². The molecular formula is C76H139NO10. The second-order valence-electron chi connectivity index (χ2n) is 25.6. The Hall–Kier alpha value is -2.64. The van der Waals surface area contributed by atoms with E-state index in [1.165, 1.54) is 257 Å². The Kier molecular flexibility index (Phi) is 61.4. The number of hydrogen-bond acceptors (Lipinski definition) is 10. The Balaban J connectivity index is 1.90. The lowest BCUT2D eigenvalue weighted by molar-refractivity contribution is -0.302. The molecule has 1 aliphatic heterocycles. The molecule has 0 aromatic heterocycles. The number of unbranched alkanes of at least 4 members (excludes halogenated alkanes) is 43. The van der Waals surface area contributed by atoms with Crippen molar-refractivity contribution in [2.45, 2.75) is 391 Å². The van der Waals surface area contributed by atoms with Gasteiger partial charge in [0, 0.05) is 12.8 Å². The molecule has 1 heterocycles. The average molecular weight is 1230 g/mol. The zero-order valence-electron chi connectivity index (χ0n) is 56.5. The van der Waals surface area contributed by atoms with Crippen LogP contribution in [0.3, 0.4) is 0 Å². The zero-order valence-corrected chi connectivity index (χ0v) is 56.5. The number of carbonyl (C=O) groups is 2. The summed E-state index contributed by atoms with van der Waals surface area (Å²) in [7, 11) is 0. The third-order valence-corrected chi connectivity index (χ3v) is 17.3. The van der Waals surface area contributed by atoms with E-state index in [4.69, 9.17) is 14.2 Å².